The molecule has 0 fully saturated rings. The summed E-state index contributed by atoms with van der Waals surface area (Å²) >= 11 is 0. The van der Waals surface area contributed by atoms with E-state index in [4.69, 9.17) is 4.74 Å². The number of rotatable bonds is 4. The standard InChI is InChI=1S/C13H20O4S/c1-12(2,14)13(3,4)17-10-6-8-11(9-7-10)18(5,15)16/h6-9,14H,1-5H3. The van der Waals surface area contributed by atoms with Crippen molar-refractivity contribution in [2.24, 2.45) is 0 Å². The van der Waals surface area contributed by atoms with Gasteiger partial charge in [-0.2, -0.15) is 0 Å². The third-order valence-electron chi connectivity index (χ3n) is 3.10. The van der Waals surface area contributed by atoms with Crippen molar-refractivity contribution in [1.29, 1.82) is 0 Å². The zero-order valence-corrected chi connectivity index (χ0v) is 12.2. The van der Waals surface area contributed by atoms with Crippen LogP contribution >= 0.6 is 0 Å². The van der Waals surface area contributed by atoms with Gasteiger partial charge in [0, 0.05) is 6.26 Å². The summed E-state index contributed by atoms with van der Waals surface area (Å²) in [7, 11) is -3.20. The van der Waals surface area contributed by atoms with Crippen molar-refractivity contribution in [2.75, 3.05) is 6.26 Å². The van der Waals surface area contributed by atoms with Gasteiger partial charge in [0.2, 0.25) is 0 Å². The first-order valence-corrected chi connectivity index (χ1v) is 7.54. The highest BCUT2D eigenvalue weighted by Gasteiger charge is 2.37. The minimum Gasteiger partial charge on any atom is -0.485 e. The molecule has 0 unspecified atom stereocenters. The van der Waals surface area contributed by atoms with Crippen molar-refractivity contribution < 1.29 is 18.3 Å². The first-order chi connectivity index (χ1) is 7.93. The molecule has 18 heavy (non-hydrogen) atoms. The van der Waals surface area contributed by atoms with Crippen LogP contribution in [0, 0.1) is 0 Å². The Morgan fingerprint density at radius 1 is 1.06 bits per heavy atom. The van der Waals surface area contributed by atoms with Crippen LogP contribution in [-0.4, -0.2) is 31.0 Å². The summed E-state index contributed by atoms with van der Waals surface area (Å²) in [5.41, 5.74) is -1.79. The third-order valence-corrected chi connectivity index (χ3v) is 4.23. The van der Waals surface area contributed by atoms with E-state index in [1.807, 2.05) is 0 Å². The lowest BCUT2D eigenvalue weighted by atomic mass is 9.89. The molecule has 0 spiro atoms. The van der Waals surface area contributed by atoms with E-state index in [0.717, 1.165) is 6.26 Å². The van der Waals surface area contributed by atoms with Gasteiger partial charge in [-0.25, -0.2) is 8.42 Å². The fourth-order valence-corrected chi connectivity index (χ4v) is 1.80. The Balaban J connectivity index is 2.95. The highest BCUT2D eigenvalue weighted by molar-refractivity contribution is 7.90. The maximum Gasteiger partial charge on any atom is 0.175 e. The summed E-state index contributed by atoms with van der Waals surface area (Å²) in [6.07, 6.45) is 1.16. The molecule has 102 valence electrons. The number of sulfone groups is 1. The predicted molar refractivity (Wildman–Crippen MR) is 70.6 cm³/mol. The summed E-state index contributed by atoms with van der Waals surface area (Å²) in [4.78, 5) is 0.246. The monoisotopic (exact) mass is 272 g/mol. The highest BCUT2D eigenvalue weighted by atomic mass is 32.2. The van der Waals surface area contributed by atoms with Crippen LogP contribution in [0.4, 0.5) is 0 Å². The molecule has 1 rings (SSSR count). The Hall–Kier alpha value is -1.07. The average Bonchev–Trinajstić information content (AvgIpc) is 2.14. The number of hydrogen-bond acceptors (Lipinski definition) is 4. The average molecular weight is 272 g/mol. The zero-order valence-electron chi connectivity index (χ0n) is 11.4. The Morgan fingerprint density at radius 3 is 1.83 bits per heavy atom. The van der Waals surface area contributed by atoms with Crippen molar-refractivity contribution in [1.82, 2.24) is 0 Å². The van der Waals surface area contributed by atoms with Crippen LogP contribution in [0.2, 0.25) is 0 Å². The van der Waals surface area contributed by atoms with E-state index in [1.165, 1.54) is 12.1 Å². The molecule has 0 aliphatic carbocycles. The molecule has 0 radical (unpaired) electrons. The van der Waals surface area contributed by atoms with Crippen molar-refractivity contribution in [3.63, 3.8) is 0 Å². The van der Waals surface area contributed by atoms with E-state index in [2.05, 4.69) is 0 Å². The highest BCUT2D eigenvalue weighted by Crippen LogP contribution is 2.28. The fraction of sp³-hybridized carbons (Fsp3) is 0.538. The maximum atomic E-state index is 11.3. The molecule has 0 heterocycles. The molecule has 0 aliphatic heterocycles. The lowest BCUT2D eigenvalue weighted by molar-refractivity contribution is -0.0906. The van der Waals surface area contributed by atoms with Gasteiger partial charge in [-0.1, -0.05) is 0 Å². The topological polar surface area (TPSA) is 63.6 Å². The van der Waals surface area contributed by atoms with E-state index in [9.17, 15) is 13.5 Å². The van der Waals surface area contributed by atoms with Crippen molar-refractivity contribution in [3.05, 3.63) is 24.3 Å². The fourth-order valence-electron chi connectivity index (χ4n) is 1.17. The molecule has 1 aromatic carbocycles. The smallest absolute Gasteiger partial charge is 0.175 e. The van der Waals surface area contributed by atoms with Crippen LogP contribution < -0.4 is 4.74 Å². The summed E-state index contributed by atoms with van der Waals surface area (Å²) in [6.45, 7) is 6.88. The normalized spacial score (nSPS) is 13.4. The molecule has 0 aliphatic rings. The van der Waals surface area contributed by atoms with Crippen molar-refractivity contribution in [3.8, 4) is 5.75 Å². The van der Waals surface area contributed by atoms with Crippen LogP contribution in [0.3, 0.4) is 0 Å². The van der Waals surface area contributed by atoms with Crippen LogP contribution in [0.25, 0.3) is 0 Å². The minimum atomic E-state index is -3.20. The van der Waals surface area contributed by atoms with Gasteiger partial charge in [0.15, 0.2) is 9.84 Å². The maximum absolute atomic E-state index is 11.3. The van der Waals surface area contributed by atoms with E-state index >= 15 is 0 Å². The first-order valence-electron chi connectivity index (χ1n) is 5.65. The number of ether oxygens (including phenoxy) is 1. The second-order valence-corrected chi connectivity index (χ2v) is 7.43. The van der Waals surface area contributed by atoms with E-state index in [0.29, 0.717) is 5.75 Å². The Kier molecular flexibility index (Phi) is 3.79. The van der Waals surface area contributed by atoms with Crippen LogP contribution in [-0.2, 0) is 9.84 Å². The van der Waals surface area contributed by atoms with Gasteiger partial charge in [-0.3, -0.25) is 0 Å². The van der Waals surface area contributed by atoms with Gasteiger partial charge in [-0.05, 0) is 52.0 Å². The molecule has 1 N–H and O–H groups in total. The van der Waals surface area contributed by atoms with E-state index < -0.39 is 21.0 Å². The predicted octanol–water partition coefficient (Wildman–Crippen LogP) is 2.02. The number of aliphatic hydroxyl groups is 1. The number of hydrogen-bond donors (Lipinski definition) is 1. The van der Waals surface area contributed by atoms with E-state index in [-0.39, 0.29) is 4.90 Å². The summed E-state index contributed by atoms with van der Waals surface area (Å²) in [5.74, 6) is 0.523. The van der Waals surface area contributed by atoms with Crippen molar-refractivity contribution in [2.45, 2.75) is 43.8 Å². The molecule has 0 saturated heterocycles. The Bertz CT molecular complexity index is 507. The van der Waals surface area contributed by atoms with Crippen LogP contribution in [0.1, 0.15) is 27.7 Å². The molecule has 0 aromatic heterocycles. The molecule has 0 amide bonds. The van der Waals surface area contributed by atoms with Crippen molar-refractivity contribution >= 4 is 9.84 Å². The van der Waals surface area contributed by atoms with E-state index in [1.54, 1.807) is 39.8 Å². The zero-order chi connectivity index (χ0) is 14.2. The lowest BCUT2D eigenvalue weighted by Gasteiger charge is -2.37. The van der Waals surface area contributed by atoms with Crippen LogP contribution in [0.5, 0.6) is 5.75 Å². The molecule has 4 nitrogen and oxygen atoms in total. The SMILES string of the molecule is CC(C)(O)C(C)(C)Oc1ccc(S(C)(=O)=O)cc1. The van der Waals surface area contributed by atoms with Crippen LogP contribution in [0.15, 0.2) is 29.2 Å². The molecular formula is C13H20O4S. The second kappa shape index (κ2) is 4.55. The Morgan fingerprint density at radius 2 is 1.50 bits per heavy atom. The Labute approximate surface area is 109 Å². The minimum absolute atomic E-state index is 0.246. The molecule has 0 bridgehead atoms. The first kappa shape index (κ1) is 15.0. The van der Waals surface area contributed by atoms with Gasteiger partial charge in [0.25, 0.3) is 0 Å². The molecule has 1 aromatic rings. The summed E-state index contributed by atoms with van der Waals surface area (Å²) < 4.78 is 28.3. The quantitative estimate of drug-likeness (QED) is 0.910. The summed E-state index contributed by atoms with van der Waals surface area (Å²) in [5, 5.41) is 9.97. The number of benzene rings is 1. The largest absolute Gasteiger partial charge is 0.485 e. The molecule has 5 heteroatoms. The molecular weight excluding hydrogens is 252 g/mol. The van der Waals surface area contributed by atoms with Gasteiger partial charge in [-0.15, -0.1) is 0 Å². The third kappa shape index (κ3) is 3.46. The summed E-state index contributed by atoms with van der Waals surface area (Å²) in [6, 6.07) is 6.16. The molecule has 0 saturated carbocycles. The van der Waals surface area contributed by atoms with Gasteiger partial charge in [0.1, 0.15) is 11.4 Å². The lowest BCUT2D eigenvalue weighted by Crippen LogP contribution is -2.49. The van der Waals surface area contributed by atoms with Gasteiger partial charge in [0.05, 0.1) is 10.5 Å². The van der Waals surface area contributed by atoms with Gasteiger partial charge < -0.3 is 9.84 Å². The second-order valence-electron chi connectivity index (χ2n) is 5.41. The molecule has 0 atom stereocenters. The van der Waals surface area contributed by atoms with Gasteiger partial charge >= 0.3 is 0 Å².